The molecule has 1 atom stereocenters. The summed E-state index contributed by atoms with van der Waals surface area (Å²) in [6.45, 7) is 2.43. The molecule has 3 nitrogen and oxygen atoms in total. The Morgan fingerprint density at radius 2 is 2.38 bits per heavy atom. The van der Waals surface area contributed by atoms with Crippen LogP contribution >= 0.6 is 31.9 Å². The molecule has 0 radical (unpaired) electrons. The Labute approximate surface area is 89.6 Å². The van der Waals surface area contributed by atoms with Gasteiger partial charge in [0.1, 0.15) is 0 Å². The van der Waals surface area contributed by atoms with E-state index in [9.17, 15) is 4.57 Å². The van der Waals surface area contributed by atoms with Crippen LogP contribution in [0.5, 0.6) is 0 Å². The summed E-state index contributed by atoms with van der Waals surface area (Å²) >= 11 is 5.57. The molecule has 0 aliphatic heterocycles. The SMILES string of the molecule is CCS/C=C\P(=O)(NC)OCCS. The predicted octanol–water partition coefficient (Wildman–Crippen LogP) is 2.57. The molecule has 0 heterocycles. The molecular formula is C7H16NO2PS2. The van der Waals surface area contributed by atoms with Crippen molar-refractivity contribution in [3.8, 4) is 0 Å². The fourth-order valence-corrected chi connectivity index (χ4v) is 2.72. The van der Waals surface area contributed by atoms with Gasteiger partial charge in [-0.1, -0.05) is 6.92 Å². The van der Waals surface area contributed by atoms with Gasteiger partial charge in [0, 0.05) is 11.6 Å². The molecule has 0 aliphatic rings. The van der Waals surface area contributed by atoms with Crippen LogP contribution in [0.3, 0.4) is 0 Å². The highest BCUT2D eigenvalue weighted by Gasteiger charge is 2.14. The van der Waals surface area contributed by atoms with Crippen LogP contribution in [0, 0.1) is 0 Å². The van der Waals surface area contributed by atoms with Crippen LogP contribution in [0.4, 0.5) is 0 Å². The van der Waals surface area contributed by atoms with E-state index in [1.807, 2.05) is 6.92 Å². The second-order valence-electron chi connectivity index (χ2n) is 2.12. The Morgan fingerprint density at radius 1 is 1.69 bits per heavy atom. The maximum absolute atomic E-state index is 11.7. The van der Waals surface area contributed by atoms with Crippen molar-refractivity contribution in [2.24, 2.45) is 0 Å². The number of hydrogen-bond donors (Lipinski definition) is 2. The van der Waals surface area contributed by atoms with Crippen molar-refractivity contribution in [2.75, 3.05) is 25.2 Å². The van der Waals surface area contributed by atoms with Crippen LogP contribution < -0.4 is 5.09 Å². The first kappa shape index (κ1) is 13.6. The highest BCUT2D eigenvalue weighted by molar-refractivity contribution is 8.02. The van der Waals surface area contributed by atoms with Gasteiger partial charge in [0.25, 0.3) is 7.52 Å². The van der Waals surface area contributed by atoms with E-state index in [0.717, 1.165) is 5.75 Å². The molecule has 0 saturated carbocycles. The third kappa shape index (κ3) is 6.63. The number of hydrogen-bond acceptors (Lipinski definition) is 4. The minimum absolute atomic E-state index is 0.391. The molecule has 0 rings (SSSR count). The summed E-state index contributed by atoms with van der Waals surface area (Å²) in [5.41, 5.74) is 0. The average molecular weight is 241 g/mol. The lowest BCUT2D eigenvalue weighted by Gasteiger charge is -2.12. The Morgan fingerprint density at radius 3 is 2.85 bits per heavy atom. The average Bonchev–Trinajstić information content (AvgIpc) is 2.15. The molecule has 1 N–H and O–H groups in total. The summed E-state index contributed by atoms with van der Waals surface area (Å²) in [7, 11) is -1.12. The molecule has 0 fully saturated rings. The first-order valence-electron chi connectivity index (χ1n) is 4.02. The van der Waals surface area contributed by atoms with Crippen molar-refractivity contribution in [1.29, 1.82) is 0 Å². The van der Waals surface area contributed by atoms with E-state index < -0.39 is 7.52 Å². The van der Waals surface area contributed by atoms with E-state index in [2.05, 4.69) is 17.7 Å². The zero-order valence-electron chi connectivity index (χ0n) is 7.90. The molecule has 0 amide bonds. The van der Waals surface area contributed by atoms with Crippen LogP contribution in [0.2, 0.25) is 0 Å². The van der Waals surface area contributed by atoms with E-state index in [-0.39, 0.29) is 0 Å². The highest BCUT2D eigenvalue weighted by Crippen LogP contribution is 2.43. The van der Waals surface area contributed by atoms with Crippen molar-refractivity contribution in [3.63, 3.8) is 0 Å². The van der Waals surface area contributed by atoms with Gasteiger partial charge >= 0.3 is 0 Å². The molecule has 0 aliphatic carbocycles. The van der Waals surface area contributed by atoms with Gasteiger partial charge in [-0.15, -0.1) is 11.8 Å². The summed E-state index contributed by atoms with van der Waals surface area (Å²) in [4.78, 5) is 0. The monoisotopic (exact) mass is 241 g/mol. The van der Waals surface area contributed by atoms with E-state index in [0.29, 0.717) is 12.4 Å². The van der Waals surface area contributed by atoms with Gasteiger partial charge in [-0.2, -0.15) is 12.6 Å². The maximum atomic E-state index is 11.7. The summed E-state index contributed by atoms with van der Waals surface area (Å²) in [5, 5.41) is 4.47. The highest BCUT2D eigenvalue weighted by atomic mass is 32.2. The molecule has 13 heavy (non-hydrogen) atoms. The molecule has 0 aromatic heterocycles. The second kappa shape index (κ2) is 7.94. The number of thioether (sulfide) groups is 1. The van der Waals surface area contributed by atoms with Crippen LogP contribution in [0.25, 0.3) is 0 Å². The Hall–Kier alpha value is 0.590. The first-order chi connectivity index (χ1) is 6.18. The van der Waals surface area contributed by atoms with Crippen LogP contribution in [-0.2, 0) is 9.09 Å². The lowest BCUT2D eigenvalue weighted by molar-refractivity contribution is 0.338. The van der Waals surface area contributed by atoms with Gasteiger partial charge in [-0.3, -0.25) is 4.57 Å². The summed E-state index contributed by atoms with van der Waals surface area (Å²) in [5.74, 6) is 3.12. The van der Waals surface area contributed by atoms with E-state index in [1.165, 1.54) is 0 Å². The smallest absolute Gasteiger partial charge is 0.292 e. The van der Waals surface area contributed by atoms with Gasteiger partial charge in [0.15, 0.2) is 0 Å². The normalized spacial score (nSPS) is 16.2. The minimum Gasteiger partial charge on any atom is -0.314 e. The molecule has 0 saturated heterocycles. The topological polar surface area (TPSA) is 38.3 Å². The molecule has 0 aromatic rings. The Kier molecular flexibility index (Phi) is 8.31. The van der Waals surface area contributed by atoms with E-state index in [4.69, 9.17) is 4.52 Å². The zero-order chi connectivity index (χ0) is 10.2. The third-order valence-electron chi connectivity index (χ3n) is 1.21. The number of rotatable bonds is 7. The lowest BCUT2D eigenvalue weighted by Crippen LogP contribution is -2.05. The molecule has 0 aromatic carbocycles. The van der Waals surface area contributed by atoms with E-state index in [1.54, 1.807) is 30.0 Å². The molecule has 6 heteroatoms. The number of thiol groups is 1. The number of nitrogens with one attached hydrogen (secondary N) is 1. The van der Waals surface area contributed by atoms with Gasteiger partial charge in [0.2, 0.25) is 0 Å². The van der Waals surface area contributed by atoms with Crippen LogP contribution in [0.1, 0.15) is 6.92 Å². The Balaban J connectivity index is 4.03. The molecule has 0 bridgehead atoms. The fourth-order valence-electron chi connectivity index (χ4n) is 0.578. The van der Waals surface area contributed by atoms with Gasteiger partial charge in [-0.25, -0.2) is 5.09 Å². The van der Waals surface area contributed by atoms with Gasteiger partial charge < -0.3 is 4.52 Å². The van der Waals surface area contributed by atoms with Crippen molar-refractivity contribution < 1.29 is 9.09 Å². The van der Waals surface area contributed by atoms with Crippen molar-refractivity contribution >= 4 is 31.9 Å². The largest absolute Gasteiger partial charge is 0.314 e. The summed E-state index contributed by atoms with van der Waals surface area (Å²) in [6, 6.07) is 0. The van der Waals surface area contributed by atoms with Crippen molar-refractivity contribution in [3.05, 3.63) is 11.2 Å². The maximum Gasteiger partial charge on any atom is 0.292 e. The molecule has 1 unspecified atom stereocenters. The molecular weight excluding hydrogens is 225 g/mol. The van der Waals surface area contributed by atoms with Gasteiger partial charge in [0.05, 0.1) is 6.61 Å². The molecule has 0 spiro atoms. The minimum atomic E-state index is -2.75. The van der Waals surface area contributed by atoms with E-state index >= 15 is 0 Å². The van der Waals surface area contributed by atoms with Crippen LogP contribution in [-0.4, -0.2) is 25.2 Å². The Bertz CT molecular complexity index is 199. The second-order valence-corrected chi connectivity index (χ2v) is 5.95. The summed E-state index contributed by atoms with van der Waals surface area (Å²) < 4.78 is 16.9. The third-order valence-corrected chi connectivity index (χ3v) is 3.98. The summed E-state index contributed by atoms with van der Waals surface area (Å²) in [6.07, 6.45) is 0. The fraction of sp³-hybridized carbons (Fsp3) is 0.714. The zero-order valence-corrected chi connectivity index (χ0v) is 10.5. The standard InChI is InChI=1S/C7H16NO2PS2/c1-3-13-7-5-11(9,8-2)10-4-6-12/h5,7,12H,3-4,6H2,1-2H3,(H,8,9)/b7-5-. The lowest BCUT2D eigenvalue weighted by atomic mass is 10.9. The predicted molar refractivity (Wildman–Crippen MR) is 63.7 cm³/mol. The van der Waals surface area contributed by atoms with Crippen molar-refractivity contribution in [2.45, 2.75) is 6.92 Å². The van der Waals surface area contributed by atoms with Gasteiger partial charge in [-0.05, 0) is 18.2 Å². The first-order valence-corrected chi connectivity index (χ1v) is 7.39. The molecule has 78 valence electrons. The quantitative estimate of drug-likeness (QED) is 0.531. The van der Waals surface area contributed by atoms with Crippen molar-refractivity contribution in [1.82, 2.24) is 5.09 Å². The van der Waals surface area contributed by atoms with Crippen LogP contribution in [0.15, 0.2) is 11.2 Å².